The molecule has 0 radical (unpaired) electrons. The molecule has 1 aromatic rings. The molecule has 16 heavy (non-hydrogen) atoms. The molecular weight excluding hydrogens is 222 g/mol. The highest BCUT2D eigenvalue weighted by molar-refractivity contribution is 7.91. The Morgan fingerprint density at radius 3 is 2.69 bits per heavy atom. The molecular formula is C12H17NO2S. The highest BCUT2D eigenvalue weighted by Gasteiger charge is 2.23. The Kier molecular flexibility index (Phi) is 3.28. The third-order valence-corrected chi connectivity index (χ3v) is 4.86. The van der Waals surface area contributed by atoms with E-state index in [9.17, 15) is 8.42 Å². The van der Waals surface area contributed by atoms with Crippen LogP contribution in [0.1, 0.15) is 24.1 Å². The molecule has 0 spiro atoms. The lowest BCUT2D eigenvalue weighted by Crippen LogP contribution is -2.24. The van der Waals surface area contributed by atoms with E-state index in [1.54, 1.807) is 0 Å². The minimum Gasteiger partial charge on any atom is -0.261 e. The summed E-state index contributed by atoms with van der Waals surface area (Å²) >= 11 is 0. The van der Waals surface area contributed by atoms with Crippen LogP contribution in [0.25, 0.3) is 0 Å². The summed E-state index contributed by atoms with van der Waals surface area (Å²) in [5.41, 5.74) is 2.30. The minimum absolute atomic E-state index is 0.351. The van der Waals surface area contributed by atoms with Crippen LogP contribution in [0.15, 0.2) is 18.3 Å². The van der Waals surface area contributed by atoms with Crippen LogP contribution in [-0.2, 0) is 16.3 Å². The smallest absolute Gasteiger partial charge is 0.150 e. The molecule has 1 aromatic heterocycles. The molecule has 0 unspecified atom stereocenters. The van der Waals surface area contributed by atoms with Crippen molar-refractivity contribution in [1.82, 2.24) is 4.98 Å². The summed E-state index contributed by atoms with van der Waals surface area (Å²) in [6, 6.07) is 4.07. The molecule has 0 aliphatic carbocycles. The summed E-state index contributed by atoms with van der Waals surface area (Å²) in [6.07, 6.45) is 4.32. The van der Waals surface area contributed by atoms with Crippen LogP contribution in [0.4, 0.5) is 0 Å². The van der Waals surface area contributed by atoms with Gasteiger partial charge in [-0.15, -0.1) is 0 Å². The lowest BCUT2D eigenvalue weighted by atomic mass is 9.96. The van der Waals surface area contributed by atoms with E-state index in [1.807, 2.05) is 12.3 Å². The van der Waals surface area contributed by atoms with Gasteiger partial charge in [-0.05, 0) is 49.8 Å². The molecule has 88 valence electrons. The number of pyridine rings is 1. The van der Waals surface area contributed by atoms with Crippen LogP contribution in [0.3, 0.4) is 0 Å². The van der Waals surface area contributed by atoms with Crippen molar-refractivity contribution in [3.05, 3.63) is 29.6 Å². The average molecular weight is 239 g/mol. The zero-order chi connectivity index (χ0) is 11.6. The highest BCUT2D eigenvalue weighted by atomic mass is 32.2. The molecule has 0 bridgehead atoms. The monoisotopic (exact) mass is 239 g/mol. The van der Waals surface area contributed by atoms with Gasteiger partial charge in [-0.25, -0.2) is 8.42 Å². The van der Waals surface area contributed by atoms with E-state index in [4.69, 9.17) is 0 Å². The lowest BCUT2D eigenvalue weighted by molar-refractivity contribution is 0.459. The largest absolute Gasteiger partial charge is 0.261 e. The van der Waals surface area contributed by atoms with Crippen molar-refractivity contribution in [2.24, 2.45) is 5.92 Å². The minimum atomic E-state index is -2.74. The van der Waals surface area contributed by atoms with Gasteiger partial charge in [-0.2, -0.15) is 0 Å². The molecule has 0 atom stereocenters. The van der Waals surface area contributed by atoms with E-state index in [-0.39, 0.29) is 0 Å². The van der Waals surface area contributed by atoms with Gasteiger partial charge in [0.2, 0.25) is 0 Å². The quantitative estimate of drug-likeness (QED) is 0.790. The molecule has 1 aliphatic rings. The maximum atomic E-state index is 11.3. The Labute approximate surface area is 96.8 Å². The van der Waals surface area contributed by atoms with Crippen molar-refractivity contribution < 1.29 is 8.42 Å². The number of rotatable bonds is 2. The third-order valence-electron chi connectivity index (χ3n) is 3.14. The van der Waals surface area contributed by atoms with Gasteiger partial charge in [-0.3, -0.25) is 4.98 Å². The molecule has 0 aromatic carbocycles. The fourth-order valence-electron chi connectivity index (χ4n) is 2.15. The molecule has 1 saturated heterocycles. The number of aryl methyl sites for hydroxylation is 1. The van der Waals surface area contributed by atoms with Crippen LogP contribution >= 0.6 is 0 Å². The second kappa shape index (κ2) is 4.53. The van der Waals surface area contributed by atoms with E-state index in [1.165, 1.54) is 5.56 Å². The van der Waals surface area contributed by atoms with Crippen molar-refractivity contribution in [3.63, 3.8) is 0 Å². The summed E-state index contributed by atoms with van der Waals surface area (Å²) < 4.78 is 22.6. The van der Waals surface area contributed by atoms with E-state index in [0.29, 0.717) is 17.4 Å². The first kappa shape index (κ1) is 11.6. The van der Waals surface area contributed by atoms with E-state index in [0.717, 1.165) is 25.0 Å². The normalized spacial score (nSPS) is 20.8. The Morgan fingerprint density at radius 2 is 2.06 bits per heavy atom. The molecule has 3 nitrogen and oxygen atoms in total. The second-order valence-electron chi connectivity index (χ2n) is 4.62. The van der Waals surface area contributed by atoms with Crippen LogP contribution in [0.5, 0.6) is 0 Å². The van der Waals surface area contributed by atoms with Crippen molar-refractivity contribution in [2.45, 2.75) is 26.2 Å². The first-order valence-electron chi connectivity index (χ1n) is 5.67. The zero-order valence-corrected chi connectivity index (χ0v) is 10.3. The molecule has 2 heterocycles. The predicted octanol–water partition coefficient (Wildman–Crippen LogP) is 1.76. The van der Waals surface area contributed by atoms with Gasteiger partial charge in [0.1, 0.15) is 9.84 Å². The Morgan fingerprint density at radius 1 is 1.38 bits per heavy atom. The number of hydrogen-bond acceptors (Lipinski definition) is 3. The van der Waals surface area contributed by atoms with Crippen LogP contribution in [0.2, 0.25) is 0 Å². The predicted molar refractivity (Wildman–Crippen MR) is 64.1 cm³/mol. The van der Waals surface area contributed by atoms with Crippen molar-refractivity contribution >= 4 is 9.84 Å². The summed E-state index contributed by atoms with van der Waals surface area (Å²) in [5, 5.41) is 0. The number of aromatic nitrogens is 1. The summed E-state index contributed by atoms with van der Waals surface area (Å²) in [5.74, 6) is 1.19. The van der Waals surface area contributed by atoms with Crippen molar-refractivity contribution in [2.75, 3.05) is 11.5 Å². The summed E-state index contributed by atoms with van der Waals surface area (Å²) in [4.78, 5) is 4.32. The zero-order valence-electron chi connectivity index (χ0n) is 9.52. The van der Waals surface area contributed by atoms with E-state index < -0.39 is 9.84 Å². The number of sulfone groups is 1. The summed E-state index contributed by atoms with van der Waals surface area (Å²) in [7, 11) is -2.74. The summed E-state index contributed by atoms with van der Waals surface area (Å²) in [6.45, 7) is 2.05. The topological polar surface area (TPSA) is 47.0 Å². The average Bonchev–Trinajstić information content (AvgIpc) is 2.21. The first-order chi connectivity index (χ1) is 7.55. The standard InChI is InChI=1S/C12H17NO2S/c1-10-2-5-13-12(8-10)9-11-3-6-16(14,15)7-4-11/h2,5,8,11H,3-4,6-7,9H2,1H3. The van der Waals surface area contributed by atoms with Crippen LogP contribution < -0.4 is 0 Å². The first-order valence-corrected chi connectivity index (χ1v) is 7.49. The van der Waals surface area contributed by atoms with Gasteiger partial charge < -0.3 is 0 Å². The van der Waals surface area contributed by atoms with Gasteiger partial charge in [0.15, 0.2) is 0 Å². The molecule has 1 aliphatic heterocycles. The van der Waals surface area contributed by atoms with Crippen molar-refractivity contribution in [1.29, 1.82) is 0 Å². The Hall–Kier alpha value is -0.900. The van der Waals surface area contributed by atoms with Crippen molar-refractivity contribution in [3.8, 4) is 0 Å². The second-order valence-corrected chi connectivity index (χ2v) is 6.93. The molecule has 0 amide bonds. The maximum absolute atomic E-state index is 11.3. The Bertz CT molecular complexity index is 454. The molecule has 0 saturated carbocycles. The van der Waals surface area contributed by atoms with Gasteiger partial charge in [-0.1, -0.05) is 0 Å². The van der Waals surface area contributed by atoms with Gasteiger partial charge in [0.05, 0.1) is 11.5 Å². The molecule has 0 N–H and O–H groups in total. The number of hydrogen-bond donors (Lipinski definition) is 0. The van der Waals surface area contributed by atoms with E-state index in [2.05, 4.69) is 18.0 Å². The van der Waals surface area contributed by atoms with Gasteiger partial charge >= 0.3 is 0 Å². The maximum Gasteiger partial charge on any atom is 0.150 e. The third kappa shape index (κ3) is 3.04. The SMILES string of the molecule is Cc1ccnc(CC2CCS(=O)(=O)CC2)c1. The van der Waals surface area contributed by atoms with Gasteiger partial charge in [0, 0.05) is 11.9 Å². The Balaban J connectivity index is 1.97. The molecule has 2 rings (SSSR count). The van der Waals surface area contributed by atoms with Gasteiger partial charge in [0.25, 0.3) is 0 Å². The highest BCUT2D eigenvalue weighted by Crippen LogP contribution is 2.22. The fourth-order valence-corrected chi connectivity index (χ4v) is 3.74. The number of nitrogens with zero attached hydrogens (tertiary/aromatic N) is 1. The molecule has 4 heteroatoms. The van der Waals surface area contributed by atoms with Crippen LogP contribution in [-0.4, -0.2) is 24.9 Å². The van der Waals surface area contributed by atoms with E-state index >= 15 is 0 Å². The molecule has 1 fully saturated rings. The fraction of sp³-hybridized carbons (Fsp3) is 0.583. The lowest BCUT2D eigenvalue weighted by Gasteiger charge is -2.21. The van der Waals surface area contributed by atoms with Crippen LogP contribution in [0, 0.1) is 12.8 Å².